The van der Waals surface area contributed by atoms with E-state index in [1.54, 1.807) is 0 Å². The van der Waals surface area contributed by atoms with Crippen molar-refractivity contribution in [1.82, 2.24) is 20.1 Å². The number of aromatic nitrogens is 1. The van der Waals surface area contributed by atoms with E-state index in [2.05, 4.69) is 50.4 Å². The zero-order valence-corrected chi connectivity index (χ0v) is 17.0. The molecule has 0 spiro atoms. The third-order valence-corrected chi connectivity index (χ3v) is 6.89. The van der Waals surface area contributed by atoms with Gasteiger partial charge in [-0.3, -0.25) is 14.7 Å². The number of piperidine rings is 2. The number of rotatable bonds is 4. The van der Waals surface area contributed by atoms with Crippen molar-refractivity contribution >= 4 is 5.91 Å². The van der Waals surface area contributed by atoms with E-state index in [0.29, 0.717) is 12.0 Å². The van der Waals surface area contributed by atoms with Gasteiger partial charge in [-0.2, -0.15) is 0 Å². The number of amides is 1. The van der Waals surface area contributed by atoms with E-state index in [4.69, 9.17) is 0 Å². The molecule has 0 radical (unpaired) electrons. The van der Waals surface area contributed by atoms with Gasteiger partial charge in [-0.15, -0.1) is 0 Å². The van der Waals surface area contributed by atoms with Gasteiger partial charge in [-0.05, 0) is 86.1 Å². The second kappa shape index (κ2) is 8.25. The molecule has 1 aromatic heterocycles. The van der Waals surface area contributed by atoms with Gasteiger partial charge in [0.2, 0.25) is 0 Å². The monoisotopic (exact) mass is 390 g/mol. The Labute approximate surface area is 173 Å². The molecule has 1 aromatic carbocycles. The smallest absolute Gasteiger partial charge is 0.254 e. The maximum absolute atomic E-state index is 12.9. The zero-order chi connectivity index (χ0) is 19.6. The van der Waals surface area contributed by atoms with Gasteiger partial charge in [-0.25, -0.2) is 0 Å². The highest BCUT2D eigenvalue weighted by Crippen LogP contribution is 2.33. The van der Waals surface area contributed by atoms with Gasteiger partial charge in [0.05, 0.1) is 0 Å². The highest BCUT2D eigenvalue weighted by molar-refractivity contribution is 5.98. The molecule has 1 N–H and O–H groups in total. The first-order valence-corrected chi connectivity index (χ1v) is 11.0. The fourth-order valence-corrected chi connectivity index (χ4v) is 5.18. The average molecular weight is 391 g/mol. The molecule has 3 aliphatic rings. The first-order valence-electron chi connectivity index (χ1n) is 11.0. The Hall–Kier alpha value is -2.24. The minimum absolute atomic E-state index is 0.229. The van der Waals surface area contributed by atoms with Crippen LogP contribution in [0.1, 0.15) is 58.6 Å². The molecule has 5 rings (SSSR count). The van der Waals surface area contributed by atoms with Crippen molar-refractivity contribution < 1.29 is 4.79 Å². The van der Waals surface area contributed by atoms with Crippen LogP contribution in [0.2, 0.25) is 0 Å². The summed E-state index contributed by atoms with van der Waals surface area (Å²) in [5.74, 6) is 0.835. The molecule has 0 aliphatic carbocycles. The van der Waals surface area contributed by atoms with Gasteiger partial charge in [0.1, 0.15) is 0 Å². The molecule has 0 bridgehead atoms. The van der Waals surface area contributed by atoms with E-state index in [1.807, 2.05) is 12.4 Å². The number of hydrogen-bond donors (Lipinski definition) is 1. The van der Waals surface area contributed by atoms with E-state index in [9.17, 15) is 4.79 Å². The molecular weight excluding hydrogens is 360 g/mol. The molecule has 1 unspecified atom stereocenters. The molecule has 4 heterocycles. The van der Waals surface area contributed by atoms with Crippen LogP contribution in [0.5, 0.6) is 0 Å². The van der Waals surface area contributed by atoms with Gasteiger partial charge in [0.15, 0.2) is 0 Å². The number of carbonyl (C=O) groups excluding carboxylic acids is 1. The average Bonchev–Trinajstić information content (AvgIpc) is 3.11. The standard InChI is InChI=1S/C24H30N4O/c29-24-23-4-3-20(14-21(23)17-28(24)22-2-1-9-26-15-22)19-7-12-27(13-8-19)16-18-5-10-25-11-6-18/h3-6,10-11,14,19,22,26H,1-2,7-9,12-13,15-17H2. The number of benzene rings is 1. The van der Waals surface area contributed by atoms with Crippen LogP contribution in [0.15, 0.2) is 42.7 Å². The van der Waals surface area contributed by atoms with Gasteiger partial charge < -0.3 is 10.2 Å². The molecule has 29 heavy (non-hydrogen) atoms. The summed E-state index contributed by atoms with van der Waals surface area (Å²) in [5, 5.41) is 3.44. The summed E-state index contributed by atoms with van der Waals surface area (Å²) >= 11 is 0. The van der Waals surface area contributed by atoms with Crippen molar-refractivity contribution in [2.24, 2.45) is 0 Å². The van der Waals surface area contributed by atoms with E-state index in [-0.39, 0.29) is 5.91 Å². The number of likely N-dealkylation sites (tertiary alicyclic amines) is 1. The molecule has 152 valence electrons. The van der Waals surface area contributed by atoms with Crippen molar-refractivity contribution in [3.05, 3.63) is 65.0 Å². The predicted molar refractivity (Wildman–Crippen MR) is 114 cm³/mol. The van der Waals surface area contributed by atoms with Crippen molar-refractivity contribution in [2.75, 3.05) is 26.2 Å². The Balaban J connectivity index is 1.22. The third-order valence-electron chi connectivity index (χ3n) is 6.89. The van der Waals surface area contributed by atoms with Crippen LogP contribution in [0.25, 0.3) is 0 Å². The number of fused-ring (bicyclic) bond motifs is 1. The van der Waals surface area contributed by atoms with Crippen molar-refractivity contribution in [3.8, 4) is 0 Å². The molecule has 5 nitrogen and oxygen atoms in total. The minimum atomic E-state index is 0.229. The summed E-state index contributed by atoms with van der Waals surface area (Å²) < 4.78 is 0. The molecule has 1 amide bonds. The Morgan fingerprint density at radius 3 is 2.66 bits per heavy atom. The largest absolute Gasteiger partial charge is 0.330 e. The molecule has 1 atom stereocenters. The molecular formula is C24H30N4O. The molecule has 2 saturated heterocycles. The van der Waals surface area contributed by atoms with Crippen LogP contribution in [-0.4, -0.2) is 52.9 Å². The van der Waals surface area contributed by atoms with Crippen LogP contribution in [0.4, 0.5) is 0 Å². The Morgan fingerprint density at radius 1 is 1.07 bits per heavy atom. The normalized spacial score (nSPS) is 23.4. The fraction of sp³-hybridized carbons (Fsp3) is 0.500. The summed E-state index contributed by atoms with van der Waals surface area (Å²) in [7, 11) is 0. The zero-order valence-electron chi connectivity index (χ0n) is 17.0. The number of pyridine rings is 1. The van der Waals surface area contributed by atoms with Gasteiger partial charge >= 0.3 is 0 Å². The quantitative estimate of drug-likeness (QED) is 0.871. The Morgan fingerprint density at radius 2 is 1.90 bits per heavy atom. The SMILES string of the molecule is O=C1c2ccc(C3CCN(Cc4ccncc4)CC3)cc2CN1C1CCCNC1. The molecule has 2 fully saturated rings. The first-order chi connectivity index (χ1) is 14.3. The Kier molecular flexibility index (Phi) is 5.34. The topological polar surface area (TPSA) is 48.5 Å². The highest BCUT2D eigenvalue weighted by atomic mass is 16.2. The second-order valence-corrected chi connectivity index (χ2v) is 8.76. The van der Waals surface area contributed by atoms with Crippen LogP contribution in [0.3, 0.4) is 0 Å². The highest BCUT2D eigenvalue weighted by Gasteiger charge is 2.34. The number of nitrogens with one attached hydrogen (secondary N) is 1. The molecule has 3 aliphatic heterocycles. The van der Waals surface area contributed by atoms with Crippen molar-refractivity contribution in [3.63, 3.8) is 0 Å². The number of carbonyl (C=O) groups is 1. The lowest BCUT2D eigenvalue weighted by Crippen LogP contribution is -2.46. The predicted octanol–water partition coefficient (Wildman–Crippen LogP) is 3.17. The lowest BCUT2D eigenvalue weighted by molar-refractivity contribution is 0.0674. The van der Waals surface area contributed by atoms with Gasteiger partial charge in [0.25, 0.3) is 5.91 Å². The lowest BCUT2D eigenvalue weighted by atomic mass is 9.88. The van der Waals surface area contributed by atoms with Crippen molar-refractivity contribution in [1.29, 1.82) is 0 Å². The second-order valence-electron chi connectivity index (χ2n) is 8.76. The maximum Gasteiger partial charge on any atom is 0.254 e. The van der Waals surface area contributed by atoms with Crippen molar-refractivity contribution in [2.45, 2.75) is 50.7 Å². The minimum Gasteiger partial charge on any atom is -0.330 e. The van der Waals surface area contributed by atoms with Crippen LogP contribution >= 0.6 is 0 Å². The number of hydrogen-bond acceptors (Lipinski definition) is 4. The van der Waals surface area contributed by atoms with Crippen LogP contribution in [-0.2, 0) is 13.1 Å². The summed E-state index contributed by atoms with van der Waals surface area (Å²) in [6.45, 7) is 6.07. The van der Waals surface area contributed by atoms with E-state index < -0.39 is 0 Å². The van der Waals surface area contributed by atoms with Gasteiger partial charge in [0, 0.05) is 43.6 Å². The third kappa shape index (κ3) is 3.94. The van der Waals surface area contributed by atoms with E-state index in [0.717, 1.165) is 57.7 Å². The summed E-state index contributed by atoms with van der Waals surface area (Å²) in [5.41, 5.74) is 4.92. The molecule has 2 aromatic rings. The van der Waals surface area contributed by atoms with E-state index in [1.165, 1.54) is 29.5 Å². The maximum atomic E-state index is 12.9. The lowest BCUT2D eigenvalue weighted by Gasteiger charge is -2.32. The fourth-order valence-electron chi connectivity index (χ4n) is 5.18. The molecule has 5 heteroatoms. The van der Waals surface area contributed by atoms with Gasteiger partial charge in [-0.1, -0.05) is 12.1 Å². The van der Waals surface area contributed by atoms with Crippen LogP contribution in [0, 0.1) is 0 Å². The summed E-state index contributed by atoms with van der Waals surface area (Å²) in [6.07, 6.45) is 8.41. The Bertz CT molecular complexity index is 854. The summed E-state index contributed by atoms with van der Waals surface area (Å²) in [6, 6.07) is 11.2. The first kappa shape index (κ1) is 18.8. The molecule has 0 saturated carbocycles. The summed E-state index contributed by atoms with van der Waals surface area (Å²) in [4.78, 5) is 21.6. The van der Waals surface area contributed by atoms with E-state index >= 15 is 0 Å². The van der Waals surface area contributed by atoms with Crippen LogP contribution < -0.4 is 5.32 Å². The number of nitrogens with zero attached hydrogens (tertiary/aromatic N) is 3.